The average Bonchev–Trinajstić information content (AvgIpc) is 2.68. The molecule has 2 aromatic rings. The van der Waals surface area contributed by atoms with Gasteiger partial charge < -0.3 is 16.4 Å². The van der Waals surface area contributed by atoms with Crippen LogP contribution in [0.15, 0.2) is 48.5 Å². The molecule has 0 saturated heterocycles. The van der Waals surface area contributed by atoms with Crippen molar-refractivity contribution in [2.24, 2.45) is 5.73 Å². The van der Waals surface area contributed by atoms with Gasteiger partial charge in [-0.05, 0) is 43.2 Å². The minimum absolute atomic E-state index is 0. The molecule has 3 rings (SSSR count). The lowest BCUT2D eigenvalue weighted by atomic mass is 9.82. The van der Waals surface area contributed by atoms with Gasteiger partial charge in [-0.25, -0.2) is 4.39 Å². The molecule has 0 unspecified atom stereocenters. The number of benzene rings is 2. The van der Waals surface area contributed by atoms with Crippen molar-refractivity contribution in [2.75, 3.05) is 5.32 Å². The van der Waals surface area contributed by atoms with Crippen molar-refractivity contribution in [3.8, 4) is 0 Å². The molecule has 2 amide bonds. The topological polar surface area (TPSA) is 84.2 Å². The number of nitrogens with two attached hydrogens (primary N) is 1. The molecule has 0 spiro atoms. The SMILES string of the molecule is Cl.NC1(C(=O)Nc2ccc(C(=O)NCc3ccccc3F)cc2)CCCCC1. The molecule has 28 heavy (non-hydrogen) atoms. The summed E-state index contributed by atoms with van der Waals surface area (Å²) in [5, 5.41) is 5.53. The van der Waals surface area contributed by atoms with Crippen LogP contribution in [0.4, 0.5) is 10.1 Å². The maximum atomic E-state index is 13.6. The van der Waals surface area contributed by atoms with Crippen molar-refractivity contribution in [1.82, 2.24) is 5.32 Å². The summed E-state index contributed by atoms with van der Waals surface area (Å²) in [6.45, 7) is 0.111. The predicted molar refractivity (Wildman–Crippen MR) is 110 cm³/mol. The summed E-state index contributed by atoms with van der Waals surface area (Å²) >= 11 is 0. The molecule has 1 aliphatic rings. The van der Waals surface area contributed by atoms with Gasteiger partial charge in [0.25, 0.3) is 5.91 Å². The Hall–Kier alpha value is -2.44. The van der Waals surface area contributed by atoms with Gasteiger partial charge in [-0.1, -0.05) is 37.5 Å². The van der Waals surface area contributed by atoms with Gasteiger partial charge in [0, 0.05) is 23.4 Å². The molecular formula is C21H25ClFN3O2. The van der Waals surface area contributed by atoms with Crippen LogP contribution in [0, 0.1) is 5.82 Å². The number of carbonyl (C=O) groups excluding carboxylic acids is 2. The van der Waals surface area contributed by atoms with Crippen molar-refractivity contribution in [2.45, 2.75) is 44.2 Å². The Morgan fingerprint density at radius 1 is 1.00 bits per heavy atom. The first-order chi connectivity index (χ1) is 13.0. The molecule has 0 heterocycles. The van der Waals surface area contributed by atoms with Crippen molar-refractivity contribution in [1.29, 1.82) is 0 Å². The van der Waals surface area contributed by atoms with Crippen LogP contribution in [0.3, 0.4) is 0 Å². The van der Waals surface area contributed by atoms with E-state index in [1.54, 1.807) is 42.5 Å². The molecule has 2 aromatic carbocycles. The standard InChI is InChI=1S/C21H24FN3O2.ClH/c22-18-7-3-2-6-16(18)14-24-19(26)15-8-10-17(11-9-15)25-20(27)21(23)12-4-1-5-13-21;/h2-3,6-11H,1,4-5,12-14,23H2,(H,24,26)(H,25,27);1H. The number of carbonyl (C=O) groups is 2. The van der Waals surface area contributed by atoms with Crippen molar-refractivity contribution in [3.63, 3.8) is 0 Å². The molecule has 1 fully saturated rings. The number of nitrogens with one attached hydrogen (secondary N) is 2. The zero-order chi connectivity index (χ0) is 19.3. The zero-order valence-electron chi connectivity index (χ0n) is 15.5. The quantitative estimate of drug-likeness (QED) is 0.707. The Kier molecular flexibility index (Phi) is 7.54. The number of halogens is 2. The minimum Gasteiger partial charge on any atom is -0.348 e. The number of hydrogen-bond donors (Lipinski definition) is 3. The van der Waals surface area contributed by atoms with Gasteiger partial charge >= 0.3 is 0 Å². The Balaban J connectivity index is 0.00000280. The van der Waals surface area contributed by atoms with Crippen molar-refractivity contribution >= 4 is 29.9 Å². The van der Waals surface area contributed by atoms with E-state index in [1.165, 1.54) is 6.07 Å². The largest absolute Gasteiger partial charge is 0.348 e. The van der Waals surface area contributed by atoms with Crippen molar-refractivity contribution in [3.05, 3.63) is 65.5 Å². The fourth-order valence-electron chi connectivity index (χ4n) is 3.29. The van der Waals surface area contributed by atoms with E-state index in [9.17, 15) is 14.0 Å². The van der Waals surface area contributed by atoms with Crippen molar-refractivity contribution < 1.29 is 14.0 Å². The Labute approximate surface area is 170 Å². The van der Waals surface area contributed by atoms with Crippen LogP contribution >= 0.6 is 12.4 Å². The van der Waals surface area contributed by atoms with E-state index in [1.807, 2.05) is 0 Å². The molecule has 0 radical (unpaired) electrons. The van der Waals surface area contributed by atoms with Gasteiger partial charge in [-0.15, -0.1) is 12.4 Å². The maximum absolute atomic E-state index is 13.6. The number of amides is 2. The zero-order valence-corrected chi connectivity index (χ0v) is 16.4. The molecule has 4 N–H and O–H groups in total. The normalized spacial score (nSPS) is 15.2. The minimum atomic E-state index is -0.811. The van der Waals surface area contributed by atoms with Gasteiger partial charge in [-0.2, -0.15) is 0 Å². The van der Waals surface area contributed by atoms with Crippen LogP contribution < -0.4 is 16.4 Å². The lowest BCUT2D eigenvalue weighted by Crippen LogP contribution is -2.52. The van der Waals surface area contributed by atoms with E-state index >= 15 is 0 Å². The molecule has 1 saturated carbocycles. The third-order valence-electron chi connectivity index (χ3n) is 5.00. The second-order valence-corrected chi connectivity index (χ2v) is 7.02. The summed E-state index contributed by atoms with van der Waals surface area (Å²) < 4.78 is 13.6. The highest BCUT2D eigenvalue weighted by molar-refractivity contribution is 5.99. The van der Waals surface area contributed by atoms with Crippen LogP contribution in [-0.4, -0.2) is 17.4 Å². The van der Waals surface area contributed by atoms with Gasteiger partial charge in [0.05, 0.1) is 5.54 Å². The summed E-state index contributed by atoms with van der Waals surface area (Å²) in [6, 6.07) is 12.9. The lowest BCUT2D eigenvalue weighted by molar-refractivity contribution is -0.122. The number of anilines is 1. The van der Waals surface area contributed by atoms with E-state index in [4.69, 9.17) is 5.73 Å². The fourth-order valence-corrected chi connectivity index (χ4v) is 3.29. The third kappa shape index (κ3) is 5.30. The first-order valence-electron chi connectivity index (χ1n) is 9.20. The molecular weight excluding hydrogens is 381 g/mol. The Morgan fingerprint density at radius 3 is 2.29 bits per heavy atom. The van der Waals surface area contributed by atoms with E-state index in [0.29, 0.717) is 29.7 Å². The molecule has 0 aromatic heterocycles. The highest BCUT2D eigenvalue weighted by Crippen LogP contribution is 2.27. The fraction of sp³-hybridized carbons (Fsp3) is 0.333. The van der Waals surface area contributed by atoms with E-state index in [0.717, 1.165) is 19.3 Å². The summed E-state index contributed by atoms with van der Waals surface area (Å²) in [5.74, 6) is -0.841. The second-order valence-electron chi connectivity index (χ2n) is 7.02. The first kappa shape index (κ1) is 21.9. The molecule has 0 bridgehead atoms. The summed E-state index contributed by atoms with van der Waals surface area (Å²) in [6.07, 6.45) is 4.42. The van der Waals surface area contributed by atoms with E-state index < -0.39 is 5.54 Å². The van der Waals surface area contributed by atoms with Crippen LogP contribution in [0.2, 0.25) is 0 Å². The molecule has 7 heteroatoms. The number of rotatable bonds is 5. The van der Waals surface area contributed by atoms with Crippen LogP contribution in [-0.2, 0) is 11.3 Å². The predicted octanol–water partition coefficient (Wildman–Crippen LogP) is 3.78. The summed E-state index contributed by atoms with van der Waals surface area (Å²) in [7, 11) is 0. The van der Waals surface area contributed by atoms with E-state index in [2.05, 4.69) is 10.6 Å². The molecule has 5 nitrogen and oxygen atoms in total. The Bertz CT molecular complexity index is 821. The highest BCUT2D eigenvalue weighted by atomic mass is 35.5. The first-order valence-corrected chi connectivity index (χ1v) is 9.20. The van der Waals surface area contributed by atoms with E-state index in [-0.39, 0.29) is 36.6 Å². The second kappa shape index (κ2) is 9.66. The summed E-state index contributed by atoms with van der Waals surface area (Å²) in [4.78, 5) is 24.7. The third-order valence-corrected chi connectivity index (χ3v) is 5.00. The lowest BCUT2D eigenvalue weighted by Gasteiger charge is -2.31. The molecule has 0 atom stereocenters. The molecule has 0 aliphatic heterocycles. The molecule has 1 aliphatic carbocycles. The smallest absolute Gasteiger partial charge is 0.251 e. The monoisotopic (exact) mass is 405 g/mol. The van der Waals surface area contributed by atoms with Crippen LogP contribution in [0.1, 0.15) is 48.0 Å². The van der Waals surface area contributed by atoms with Crippen LogP contribution in [0.5, 0.6) is 0 Å². The Morgan fingerprint density at radius 2 is 1.64 bits per heavy atom. The van der Waals surface area contributed by atoms with Crippen LogP contribution in [0.25, 0.3) is 0 Å². The number of hydrogen-bond acceptors (Lipinski definition) is 3. The van der Waals surface area contributed by atoms with Gasteiger partial charge in [-0.3, -0.25) is 9.59 Å². The summed E-state index contributed by atoms with van der Waals surface area (Å²) in [5.41, 5.74) is 6.88. The highest BCUT2D eigenvalue weighted by Gasteiger charge is 2.35. The maximum Gasteiger partial charge on any atom is 0.251 e. The van der Waals surface area contributed by atoms with Gasteiger partial charge in [0.15, 0.2) is 0 Å². The average molecular weight is 406 g/mol. The van der Waals surface area contributed by atoms with Gasteiger partial charge in [0.2, 0.25) is 5.91 Å². The van der Waals surface area contributed by atoms with Gasteiger partial charge in [0.1, 0.15) is 5.82 Å². The molecule has 150 valence electrons.